The minimum Gasteiger partial charge on any atom is -0.508 e. The monoisotopic (exact) mass is 509 g/mol. The number of carbonyl (C=O) groups is 3. The van der Waals surface area contributed by atoms with Crippen molar-refractivity contribution in [3.63, 3.8) is 0 Å². The van der Waals surface area contributed by atoms with Crippen LogP contribution in [0.3, 0.4) is 0 Å². The predicted octanol–water partition coefficient (Wildman–Crippen LogP) is 1.50. The molecule has 0 saturated heterocycles. The molecule has 4 rings (SSSR count). The lowest BCUT2D eigenvalue weighted by molar-refractivity contribution is -0.144. The van der Waals surface area contributed by atoms with Crippen LogP contribution < -0.4 is 16.4 Å². The molecular weight excluding hydrogens is 474 g/mol. The second-order valence-electron chi connectivity index (χ2n) is 10.3. The van der Waals surface area contributed by atoms with Crippen molar-refractivity contribution in [2.24, 2.45) is 17.1 Å². The summed E-state index contributed by atoms with van der Waals surface area (Å²) in [6.07, 6.45) is 2.51. The van der Waals surface area contributed by atoms with E-state index in [4.69, 9.17) is 5.73 Å². The molecule has 37 heavy (non-hydrogen) atoms. The van der Waals surface area contributed by atoms with Crippen molar-refractivity contribution in [3.05, 3.63) is 65.7 Å². The number of carboxylic acids is 1. The number of hydrogen-bond donors (Lipinski definition) is 6. The van der Waals surface area contributed by atoms with E-state index in [2.05, 4.69) is 10.6 Å². The molecule has 0 heterocycles. The number of rotatable bonds is 9. The van der Waals surface area contributed by atoms with Crippen molar-refractivity contribution in [2.75, 3.05) is 0 Å². The van der Waals surface area contributed by atoms with E-state index in [-0.39, 0.29) is 30.4 Å². The lowest BCUT2D eigenvalue weighted by Crippen LogP contribution is -2.54. The molecule has 0 unspecified atom stereocenters. The number of nitrogens with one attached hydrogen (secondary N) is 2. The first-order chi connectivity index (χ1) is 17.7. The Bertz CT molecular complexity index is 1110. The molecule has 7 N–H and O–H groups in total. The fourth-order valence-corrected chi connectivity index (χ4v) is 6.01. The lowest BCUT2D eigenvalue weighted by Gasteiger charge is -2.36. The van der Waals surface area contributed by atoms with E-state index in [1.54, 1.807) is 12.1 Å². The van der Waals surface area contributed by atoms with Crippen molar-refractivity contribution >= 4 is 17.8 Å². The third-order valence-corrected chi connectivity index (χ3v) is 7.99. The van der Waals surface area contributed by atoms with E-state index in [1.807, 2.05) is 30.3 Å². The third-order valence-electron chi connectivity index (χ3n) is 7.99. The Balaban J connectivity index is 1.38. The Morgan fingerprint density at radius 2 is 1.65 bits per heavy atom. The van der Waals surface area contributed by atoms with Crippen LogP contribution in [0.15, 0.2) is 54.6 Å². The number of benzene rings is 2. The average molecular weight is 510 g/mol. The Hall–Kier alpha value is -3.43. The summed E-state index contributed by atoms with van der Waals surface area (Å²) in [6, 6.07) is 13.2. The van der Waals surface area contributed by atoms with Crippen molar-refractivity contribution < 1.29 is 29.7 Å². The summed E-state index contributed by atoms with van der Waals surface area (Å²) in [5.74, 6) is -2.26. The summed E-state index contributed by atoms with van der Waals surface area (Å²) in [5, 5.41) is 36.0. The molecule has 2 amide bonds. The molecule has 2 aliphatic rings. The van der Waals surface area contributed by atoms with Gasteiger partial charge in [0.2, 0.25) is 11.8 Å². The van der Waals surface area contributed by atoms with Crippen LogP contribution in [0.1, 0.15) is 43.2 Å². The van der Waals surface area contributed by atoms with Crippen LogP contribution in [-0.4, -0.2) is 57.3 Å². The summed E-state index contributed by atoms with van der Waals surface area (Å²) in [4.78, 5) is 38.0. The summed E-state index contributed by atoms with van der Waals surface area (Å²) >= 11 is 0. The number of carboxylic acid groups (broad SMARTS) is 1. The van der Waals surface area contributed by atoms with Crippen LogP contribution in [-0.2, 0) is 27.2 Å². The fourth-order valence-electron chi connectivity index (χ4n) is 6.01. The predicted molar refractivity (Wildman–Crippen MR) is 136 cm³/mol. The van der Waals surface area contributed by atoms with Gasteiger partial charge < -0.3 is 31.7 Å². The number of aliphatic carboxylic acids is 1. The van der Waals surface area contributed by atoms with Crippen LogP contribution in [0.5, 0.6) is 5.75 Å². The molecule has 2 aromatic rings. The highest BCUT2D eigenvalue weighted by Gasteiger charge is 2.57. The first-order valence-electron chi connectivity index (χ1n) is 12.8. The number of carbonyl (C=O) groups excluding carboxylic acids is 2. The number of hydrogen-bond acceptors (Lipinski definition) is 6. The van der Waals surface area contributed by atoms with E-state index in [0.717, 1.165) is 17.5 Å². The zero-order valence-electron chi connectivity index (χ0n) is 20.7. The molecule has 1 spiro atoms. The highest BCUT2D eigenvalue weighted by atomic mass is 16.4. The summed E-state index contributed by atoms with van der Waals surface area (Å²) in [5.41, 5.74) is 7.01. The standard InChI is InChI=1S/C28H35N3O6/c29-21(15-18-8-10-19(32)11-9-18)26(35)30-22-12-14-28(24(22)33)13-4-7-20(28)25(34)31-23(27(36)37)16-17-5-2-1-3-6-17/h1-3,5-6,8-11,20-24,32-33H,4,7,12-16,29H2,(H,30,35)(H,31,34)(H,36,37)/t20-,21-,22+,23-,24+,28-/m1/s1. The van der Waals surface area contributed by atoms with Gasteiger partial charge in [0, 0.05) is 17.8 Å². The first-order valence-corrected chi connectivity index (χ1v) is 12.8. The summed E-state index contributed by atoms with van der Waals surface area (Å²) < 4.78 is 0. The van der Waals surface area contributed by atoms with Gasteiger partial charge in [0.05, 0.1) is 18.2 Å². The second-order valence-corrected chi connectivity index (χ2v) is 10.3. The highest BCUT2D eigenvalue weighted by Crippen LogP contribution is 2.54. The normalized spacial score (nSPS) is 26.5. The van der Waals surface area contributed by atoms with Gasteiger partial charge in [-0.2, -0.15) is 0 Å². The van der Waals surface area contributed by atoms with Crippen LogP contribution >= 0.6 is 0 Å². The summed E-state index contributed by atoms with van der Waals surface area (Å²) in [7, 11) is 0. The van der Waals surface area contributed by atoms with Gasteiger partial charge in [-0.25, -0.2) is 4.79 Å². The highest BCUT2D eigenvalue weighted by molar-refractivity contribution is 5.86. The molecule has 198 valence electrons. The fraction of sp³-hybridized carbons (Fsp3) is 0.464. The molecule has 0 aromatic heterocycles. The zero-order valence-corrected chi connectivity index (χ0v) is 20.7. The van der Waals surface area contributed by atoms with Crippen LogP contribution in [0.4, 0.5) is 0 Å². The molecule has 6 atom stereocenters. The molecule has 2 fully saturated rings. The zero-order chi connectivity index (χ0) is 26.6. The van der Waals surface area contributed by atoms with Gasteiger partial charge in [-0.05, 0) is 55.4 Å². The Morgan fingerprint density at radius 3 is 2.32 bits per heavy atom. The largest absolute Gasteiger partial charge is 0.508 e. The van der Waals surface area contributed by atoms with Gasteiger partial charge in [0.25, 0.3) is 0 Å². The van der Waals surface area contributed by atoms with Crippen molar-refractivity contribution in [3.8, 4) is 5.75 Å². The van der Waals surface area contributed by atoms with Crippen molar-refractivity contribution in [1.82, 2.24) is 10.6 Å². The van der Waals surface area contributed by atoms with E-state index in [9.17, 15) is 29.7 Å². The molecular formula is C28H35N3O6. The van der Waals surface area contributed by atoms with Crippen molar-refractivity contribution in [1.29, 1.82) is 0 Å². The number of aliphatic hydroxyl groups is 1. The number of aliphatic hydroxyl groups excluding tert-OH is 1. The number of phenols is 1. The average Bonchev–Trinajstić information content (AvgIpc) is 3.45. The number of aromatic hydroxyl groups is 1. The lowest BCUT2D eigenvalue weighted by atomic mass is 9.73. The van der Waals surface area contributed by atoms with Gasteiger partial charge in [0.15, 0.2) is 0 Å². The molecule has 0 bridgehead atoms. The molecule has 2 aliphatic carbocycles. The molecule has 9 heteroatoms. The number of phenolic OH excluding ortho intramolecular Hbond substituents is 1. The maximum atomic E-state index is 13.3. The third kappa shape index (κ3) is 5.94. The smallest absolute Gasteiger partial charge is 0.326 e. The second kappa shape index (κ2) is 11.3. The number of nitrogens with two attached hydrogens (primary N) is 1. The van der Waals surface area contributed by atoms with Crippen LogP contribution in [0.25, 0.3) is 0 Å². The molecule has 9 nitrogen and oxygen atoms in total. The van der Waals surface area contributed by atoms with Crippen LogP contribution in [0, 0.1) is 11.3 Å². The Kier molecular flexibility index (Phi) is 8.14. The Morgan fingerprint density at radius 1 is 0.973 bits per heavy atom. The molecule has 2 saturated carbocycles. The molecule has 0 radical (unpaired) electrons. The maximum absolute atomic E-state index is 13.3. The van der Waals surface area contributed by atoms with Gasteiger partial charge in [-0.1, -0.05) is 48.9 Å². The minimum atomic E-state index is -1.11. The molecule has 2 aromatic carbocycles. The Labute approximate surface area is 216 Å². The van der Waals surface area contributed by atoms with E-state index >= 15 is 0 Å². The maximum Gasteiger partial charge on any atom is 0.326 e. The molecule has 0 aliphatic heterocycles. The van der Waals surface area contributed by atoms with Gasteiger partial charge in [-0.15, -0.1) is 0 Å². The SMILES string of the molecule is N[C@H](Cc1ccc(O)cc1)C(=O)N[C@H]1CC[C@@]2(CCC[C@@H]2C(=O)N[C@H](Cc2ccccc2)C(=O)O)[C@H]1O. The van der Waals surface area contributed by atoms with Crippen molar-refractivity contribution in [2.45, 2.75) is 69.2 Å². The number of amides is 2. The quantitative estimate of drug-likeness (QED) is 0.298. The van der Waals surface area contributed by atoms with E-state index in [0.29, 0.717) is 25.7 Å². The first kappa shape index (κ1) is 26.6. The minimum absolute atomic E-state index is 0.131. The van der Waals surface area contributed by atoms with Gasteiger partial charge in [-0.3, -0.25) is 9.59 Å². The van der Waals surface area contributed by atoms with Gasteiger partial charge in [0.1, 0.15) is 11.8 Å². The van der Waals surface area contributed by atoms with E-state index < -0.39 is 41.5 Å². The van der Waals surface area contributed by atoms with Crippen LogP contribution in [0.2, 0.25) is 0 Å². The van der Waals surface area contributed by atoms with E-state index in [1.165, 1.54) is 12.1 Å². The topological polar surface area (TPSA) is 162 Å². The van der Waals surface area contributed by atoms with Gasteiger partial charge >= 0.3 is 5.97 Å². The summed E-state index contributed by atoms with van der Waals surface area (Å²) in [6.45, 7) is 0.